The Bertz CT molecular complexity index is 316. The molecule has 15 heavy (non-hydrogen) atoms. The number of nitrogens with one attached hydrogen (secondary N) is 1. The van der Waals surface area contributed by atoms with Crippen LogP contribution in [-0.2, 0) is 4.79 Å². The fourth-order valence-electron chi connectivity index (χ4n) is 1.10. The zero-order valence-electron chi connectivity index (χ0n) is 8.11. The number of hydrogen-bond acceptors (Lipinski definition) is 3. The predicted octanol–water partition coefficient (Wildman–Crippen LogP) is 1.52. The van der Waals surface area contributed by atoms with Crippen molar-refractivity contribution >= 4 is 17.2 Å². The van der Waals surface area contributed by atoms with Crippen molar-refractivity contribution in [1.82, 2.24) is 5.32 Å². The summed E-state index contributed by atoms with van der Waals surface area (Å²) >= 11 is 1.22. The molecule has 6 heteroatoms. The minimum Gasteiger partial charge on any atom is -0.368 e. The molecule has 3 nitrogen and oxygen atoms in total. The van der Waals surface area contributed by atoms with E-state index in [0.717, 1.165) is 0 Å². The maximum atomic E-state index is 12.7. The molecule has 0 saturated heterocycles. The van der Waals surface area contributed by atoms with Crippen LogP contribution in [0.25, 0.3) is 0 Å². The summed E-state index contributed by atoms with van der Waals surface area (Å²) in [6.45, 7) is 1.46. The van der Waals surface area contributed by atoms with Crippen LogP contribution in [0.15, 0.2) is 17.5 Å². The molecule has 0 aliphatic rings. The molecule has 1 heterocycles. The van der Waals surface area contributed by atoms with Crippen molar-refractivity contribution in [1.29, 1.82) is 0 Å². The highest BCUT2D eigenvalue weighted by Crippen LogP contribution is 2.25. The lowest BCUT2D eigenvalue weighted by atomic mass is 10.2. The smallest absolute Gasteiger partial charge is 0.258 e. The topological polar surface area (TPSA) is 55.1 Å². The van der Waals surface area contributed by atoms with Crippen LogP contribution in [0.4, 0.5) is 8.78 Å². The number of halogens is 2. The van der Waals surface area contributed by atoms with Crippen LogP contribution in [0.1, 0.15) is 17.8 Å². The fourth-order valence-corrected chi connectivity index (χ4v) is 1.89. The Morgan fingerprint density at radius 2 is 2.27 bits per heavy atom. The van der Waals surface area contributed by atoms with E-state index >= 15 is 0 Å². The maximum Gasteiger partial charge on any atom is 0.258 e. The Labute approximate surface area is 90.3 Å². The predicted molar refractivity (Wildman–Crippen MR) is 54.9 cm³/mol. The number of alkyl halides is 2. The summed E-state index contributed by atoms with van der Waals surface area (Å²) in [5.74, 6) is -0.641. The zero-order valence-corrected chi connectivity index (χ0v) is 8.93. The van der Waals surface area contributed by atoms with Crippen molar-refractivity contribution in [3.05, 3.63) is 22.4 Å². The lowest BCUT2D eigenvalue weighted by Crippen LogP contribution is -2.42. The van der Waals surface area contributed by atoms with Gasteiger partial charge in [0.25, 0.3) is 6.43 Å². The fraction of sp³-hybridized carbons (Fsp3) is 0.444. The minimum atomic E-state index is -2.56. The first-order valence-electron chi connectivity index (χ1n) is 4.39. The Morgan fingerprint density at radius 3 is 2.67 bits per heavy atom. The van der Waals surface area contributed by atoms with Crippen molar-refractivity contribution in [2.75, 3.05) is 0 Å². The summed E-state index contributed by atoms with van der Waals surface area (Å²) in [4.78, 5) is 11.2. The Hall–Kier alpha value is -1.01. The van der Waals surface area contributed by atoms with Gasteiger partial charge in [-0.2, -0.15) is 0 Å². The van der Waals surface area contributed by atoms with Crippen molar-refractivity contribution in [2.45, 2.75) is 25.4 Å². The van der Waals surface area contributed by atoms with Gasteiger partial charge in [0, 0.05) is 4.88 Å². The van der Waals surface area contributed by atoms with E-state index in [-0.39, 0.29) is 0 Å². The number of thiophene rings is 1. The van der Waals surface area contributed by atoms with E-state index in [4.69, 9.17) is 5.73 Å². The second-order valence-electron chi connectivity index (χ2n) is 3.12. The second-order valence-corrected chi connectivity index (χ2v) is 4.10. The van der Waals surface area contributed by atoms with E-state index in [1.54, 1.807) is 17.5 Å². The summed E-state index contributed by atoms with van der Waals surface area (Å²) in [6.07, 6.45) is -2.56. The van der Waals surface area contributed by atoms with Gasteiger partial charge in [-0.15, -0.1) is 11.3 Å². The number of amides is 1. The number of primary amides is 1. The highest BCUT2D eigenvalue weighted by molar-refractivity contribution is 7.10. The van der Waals surface area contributed by atoms with Crippen molar-refractivity contribution in [3.63, 3.8) is 0 Å². The van der Waals surface area contributed by atoms with E-state index in [1.165, 1.54) is 18.3 Å². The molecule has 0 radical (unpaired) electrons. The van der Waals surface area contributed by atoms with E-state index in [1.807, 2.05) is 0 Å². The summed E-state index contributed by atoms with van der Waals surface area (Å²) < 4.78 is 25.4. The second kappa shape index (κ2) is 5.18. The first kappa shape index (κ1) is 12.1. The lowest BCUT2D eigenvalue weighted by Gasteiger charge is -2.19. The third-order valence-electron chi connectivity index (χ3n) is 1.96. The molecule has 0 fully saturated rings. The standard InChI is InChI=1S/C9H12F2N2OS/c1-5(9(12)14)13-7(8(10)11)6-3-2-4-15-6/h2-5,7-8,13H,1H3,(H2,12,14)/t5?,7-/m0/s1. The molecule has 1 unspecified atom stereocenters. The van der Waals surface area contributed by atoms with Crippen molar-refractivity contribution < 1.29 is 13.6 Å². The summed E-state index contributed by atoms with van der Waals surface area (Å²) in [7, 11) is 0. The monoisotopic (exact) mass is 234 g/mol. The number of nitrogens with two attached hydrogens (primary N) is 1. The van der Waals surface area contributed by atoms with Crippen LogP contribution in [0.5, 0.6) is 0 Å². The molecule has 1 aromatic heterocycles. The number of rotatable bonds is 5. The molecule has 0 spiro atoms. The molecule has 1 rings (SSSR count). The van der Waals surface area contributed by atoms with Crippen molar-refractivity contribution in [2.24, 2.45) is 5.73 Å². The Balaban J connectivity index is 2.72. The molecule has 0 aliphatic heterocycles. The lowest BCUT2D eigenvalue weighted by molar-refractivity contribution is -0.120. The normalized spacial score (nSPS) is 15.2. The summed E-state index contributed by atoms with van der Waals surface area (Å²) in [6, 6.07) is 1.38. The summed E-state index contributed by atoms with van der Waals surface area (Å²) in [5.41, 5.74) is 4.99. The molecule has 1 amide bonds. The molecule has 0 aliphatic carbocycles. The van der Waals surface area contributed by atoms with Gasteiger partial charge in [-0.05, 0) is 18.4 Å². The van der Waals surface area contributed by atoms with Gasteiger partial charge in [0.1, 0.15) is 6.04 Å². The minimum absolute atomic E-state index is 0.498. The number of carbonyl (C=O) groups is 1. The average Bonchev–Trinajstić information content (AvgIpc) is 2.65. The van der Waals surface area contributed by atoms with Crippen LogP contribution in [0.2, 0.25) is 0 Å². The van der Waals surface area contributed by atoms with Crippen LogP contribution in [-0.4, -0.2) is 18.4 Å². The maximum absolute atomic E-state index is 12.7. The van der Waals surface area contributed by atoms with Gasteiger partial charge in [-0.25, -0.2) is 8.78 Å². The van der Waals surface area contributed by atoms with Crippen LogP contribution < -0.4 is 11.1 Å². The van der Waals surface area contributed by atoms with Crippen LogP contribution >= 0.6 is 11.3 Å². The first-order chi connectivity index (χ1) is 7.02. The third kappa shape index (κ3) is 3.24. The van der Waals surface area contributed by atoms with Crippen LogP contribution in [0, 0.1) is 0 Å². The Kier molecular flexibility index (Phi) is 4.16. The highest BCUT2D eigenvalue weighted by atomic mass is 32.1. The number of carbonyl (C=O) groups excluding carboxylic acids is 1. The molecule has 0 bridgehead atoms. The van der Waals surface area contributed by atoms with Gasteiger partial charge in [0.2, 0.25) is 5.91 Å². The van der Waals surface area contributed by atoms with Gasteiger partial charge >= 0.3 is 0 Å². The quantitative estimate of drug-likeness (QED) is 0.811. The molecule has 84 valence electrons. The molecule has 3 N–H and O–H groups in total. The van der Waals surface area contributed by atoms with E-state index in [9.17, 15) is 13.6 Å². The van der Waals surface area contributed by atoms with Gasteiger partial charge in [-0.1, -0.05) is 6.07 Å². The zero-order chi connectivity index (χ0) is 11.4. The van der Waals surface area contributed by atoms with Crippen molar-refractivity contribution in [3.8, 4) is 0 Å². The highest BCUT2D eigenvalue weighted by Gasteiger charge is 2.26. The molecular formula is C9H12F2N2OS. The van der Waals surface area contributed by atoms with E-state index in [0.29, 0.717) is 4.88 Å². The molecule has 0 saturated carbocycles. The first-order valence-corrected chi connectivity index (χ1v) is 5.27. The van der Waals surface area contributed by atoms with Gasteiger partial charge in [0.15, 0.2) is 0 Å². The largest absolute Gasteiger partial charge is 0.368 e. The SMILES string of the molecule is CC(N[C@@H](c1cccs1)C(F)F)C(N)=O. The van der Waals surface area contributed by atoms with Crippen LogP contribution in [0.3, 0.4) is 0 Å². The molecule has 1 aromatic rings. The average molecular weight is 234 g/mol. The van der Waals surface area contributed by atoms with Gasteiger partial charge < -0.3 is 5.73 Å². The van der Waals surface area contributed by atoms with Gasteiger partial charge in [0.05, 0.1) is 6.04 Å². The van der Waals surface area contributed by atoms with E-state index < -0.39 is 24.4 Å². The third-order valence-corrected chi connectivity index (χ3v) is 2.91. The molecule has 0 aromatic carbocycles. The summed E-state index contributed by atoms with van der Waals surface area (Å²) in [5, 5.41) is 4.21. The van der Waals surface area contributed by atoms with Gasteiger partial charge in [-0.3, -0.25) is 10.1 Å². The Morgan fingerprint density at radius 1 is 1.60 bits per heavy atom. The molecule has 2 atom stereocenters. The molecular weight excluding hydrogens is 222 g/mol. The number of hydrogen-bond donors (Lipinski definition) is 2. The van der Waals surface area contributed by atoms with E-state index in [2.05, 4.69) is 5.32 Å².